The minimum atomic E-state index is -0.263. The first-order valence-electron chi connectivity index (χ1n) is 6.87. The van der Waals surface area contributed by atoms with E-state index in [1.807, 2.05) is 25.1 Å². The van der Waals surface area contributed by atoms with E-state index in [1.165, 1.54) is 6.07 Å². The monoisotopic (exact) mass is 286 g/mol. The summed E-state index contributed by atoms with van der Waals surface area (Å²) in [6.45, 7) is 3.98. The molecule has 0 fully saturated rings. The molecule has 3 N–H and O–H groups in total. The van der Waals surface area contributed by atoms with Crippen molar-refractivity contribution < 1.29 is 9.18 Å². The first kappa shape index (κ1) is 15.2. The summed E-state index contributed by atoms with van der Waals surface area (Å²) in [5, 5.41) is 2.86. The summed E-state index contributed by atoms with van der Waals surface area (Å²) >= 11 is 0. The lowest BCUT2D eigenvalue weighted by Gasteiger charge is -2.15. The van der Waals surface area contributed by atoms with E-state index in [0.29, 0.717) is 17.7 Å². The quantitative estimate of drug-likeness (QED) is 0.907. The fraction of sp³-hybridized carbons (Fsp3) is 0.235. The highest BCUT2D eigenvalue weighted by Gasteiger charge is 2.12. The van der Waals surface area contributed by atoms with Gasteiger partial charge in [0.1, 0.15) is 5.82 Å². The highest BCUT2D eigenvalue weighted by atomic mass is 19.1. The summed E-state index contributed by atoms with van der Waals surface area (Å²) in [4.78, 5) is 12.1. The van der Waals surface area contributed by atoms with E-state index < -0.39 is 0 Å². The maximum absolute atomic E-state index is 13.6. The highest BCUT2D eigenvalue weighted by Crippen LogP contribution is 2.17. The van der Waals surface area contributed by atoms with Gasteiger partial charge in [-0.1, -0.05) is 24.3 Å². The van der Waals surface area contributed by atoms with Crippen LogP contribution in [0.1, 0.15) is 40.0 Å². The largest absolute Gasteiger partial charge is 0.346 e. The van der Waals surface area contributed by atoms with Crippen LogP contribution in [0.2, 0.25) is 0 Å². The molecular formula is C17H19FN2O. The van der Waals surface area contributed by atoms with Gasteiger partial charge in [-0.15, -0.1) is 0 Å². The molecule has 1 unspecified atom stereocenters. The Bertz CT molecular complexity index is 638. The van der Waals surface area contributed by atoms with Crippen molar-refractivity contribution in [3.8, 4) is 0 Å². The van der Waals surface area contributed by atoms with Crippen LogP contribution in [0.25, 0.3) is 0 Å². The molecule has 0 heterocycles. The Kier molecular flexibility index (Phi) is 4.70. The van der Waals surface area contributed by atoms with Gasteiger partial charge >= 0.3 is 0 Å². The number of halogens is 1. The van der Waals surface area contributed by atoms with E-state index in [1.54, 1.807) is 25.1 Å². The molecule has 1 amide bonds. The second-order valence-electron chi connectivity index (χ2n) is 5.10. The molecule has 0 aliphatic rings. The van der Waals surface area contributed by atoms with E-state index in [-0.39, 0.29) is 17.8 Å². The zero-order valence-corrected chi connectivity index (χ0v) is 12.2. The Labute approximate surface area is 124 Å². The van der Waals surface area contributed by atoms with Gasteiger partial charge in [0.25, 0.3) is 5.91 Å². The molecule has 3 nitrogen and oxygen atoms in total. The lowest BCUT2D eigenvalue weighted by molar-refractivity contribution is 0.0940. The molecule has 110 valence electrons. The maximum Gasteiger partial charge on any atom is 0.251 e. The third-order valence-corrected chi connectivity index (χ3v) is 3.50. The Balaban J connectivity index is 2.08. The van der Waals surface area contributed by atoms with Crippen LogP contribution in [-0.2, 0) is 6.54 Å². The molecule has 2 rings (SSSR count). The number of rotatable bonds is 4. The second kappa shape index (κ2) is 6.50. The second-order valence-corrected chi connectivity index (χ2v) is 5.10. The summed E-state index contributed by atoms with van der Waals surface area (Å²) in [6.07, 6.45) is 0. The molecule has 2 aromatic carbocycles. The minimum absolute atomic E-state index is 0.188. The van der Waals surface area contributed by atoms with Crippen LogP contribution in [0.3, 0.4) is 0 Å². The van der Waals surface area contributed by atoms with Crippen molar-refractivity contribution in [3.63, 3.8) is 0 Å². The van der Waals surface area contributed by atoms with Gasteiger partial charge < -0.3 is 11.1 Å². The number of nitrogens with one attached hydrogen (secondary N) is 1. The van der Waals surface area contributed by atoms with Gasteiger partial charge in [0.05, 0.1) is 6.04 Å². The predicted octanol–water partition coefficient (Wildman–Crippen LogP) is 3.08. The molecule has 0 bridgehead atoms. The van der Waals surface area contributed by atoms with Crippen LogP contribution < -0.4 is 11.1 Å². The van der Waals surface area contributed by atoms with Crippen molar-refractivity contribution in [2.45, 2.75) is 26.4 Å². The van der Waals surface area contributed by atoms with Gasteiger partial charge in [-0.3, -0.25) is 4.79 Å². The van der Waals surface area contributed by atoms with E-state index in [4.69, 9.17) is 5.73 Å². The fourth-order valence-corrected chi connectivity index (χ4v) is 2.03. The van der Waals surface area contributed by atoms with Gasteiger partial charge in [0, 0.05) is 12.1 Å². The van der Waals surface area contributed by atoms with Crippen LogP contribution in [0, 0.1) is 12.7 Å². The van der Waals surface area contributed by atoms with Gasteiger partial charge in [-0.05, 0) is 48.7 Å². The van der Waals surface area contributed by atoms with Crippen LogP contribution in [-0.4, -0.2) is 5.91 Å². The summed E-state index contributed by atoms with van der Waals surface area (Å²) < 4.78 is 13.6. The van der Waals surface area contributed by atoms with E-state index in [0.717, 1.165) is 11.1 Å². The number of hydrogen-bond acceptors (Lipinski definition) is 2. The summed E-state index contributed by atoms with van der Waals surface area (Å²) in [5.41, 5.74) is 8.39. The molecule has 0 radical (unpaired) electrons. The number of aryl methyl sites for hydroxylation is 1. The molecule has 0 aliphatic carbocycles. The summed E-state index contributed by atoms with van der Waals surface area (Å²) in [5.74, 6) is -0.451. The SMILES string of the molecule is Cc1ccc(C(C)NC(=O)c2ccc(CN)cc2)cc1F. The molecule has 4 heteroatoms. The summed E-state index contributed by atoms with van der Waals surface area (Å²) in [7, 11) is 0. The van der Waals surface area contributed by atoms with Gasteiger partial charge in [-0.25, -0.2) is 4.39 Å². The van der Waals surface area contributed by atoms with Crippen molar-refractivity contribution in [1.29, 1.82) is 0 Å². The predicted molar refractivity (Wildman–Crippen MR) is 81.4 cm³/mol. The standard InChI is InChI=1S/C17H19FN2O/c1-11-3-6-15(9-16(11)18)12(2)20-17(21)14-7-4-13(10-19)5-8-14/h3-9,12H,10,19H2,1-2H3,(H,20,21). The third kappa shape index (κ3) is 3.67. The highest BCUT2D eigenvalue weighted by molar-refractivity contribution is 5.94. The molecule has 0 aliphatic heterocycles. The average Bonchev–Trinajstić information content (AvgIpc) is 2.50. The Morgan fingerprint density at radius 1 is 1.24 bits per heavy atom. The first-order chi connectivity index (χ1) is 10.0. The van der Waals surface area contributed by atoms with E-state index >= 15 is 0 Å². The van der Waals surface area contributed by atoms with Crippen molar-refractivity contribution in [1.82, 2.24) is 5.32 Å². The molecule has 0 saturated carbocycles. The van der Waals surface area contributed by atoms with Crippen molar-refractivity contribution in [2.24, 2.45) is 5.73 Å². The third-order valence-electron chi connectivity index (χ3n) is 3.50. The average molecular weight is 286 g/mol. The van der Waals surface area contributed by atoms with E-state index in [2.05, 4.69) is 5.32 Å². The van der Waals surface area contributed by atoms with Gasteiger partial charge in [0.2, 0.25) is 0 Å². The van der Waals surface area contributed by atoms with Crippen LogP contribution in [0.4, 0.5) is 4.39 Å². The molecule has 1 atom stereocenters. The Hall–Kier alpha value is -2.20. The first-order valence-corrected chi connectivity index (χ1v) is 6.87. The number of benzene rings is 2. The van der Waals surface area contributed by atoms with Crippen LogP contribution >= 0.6 is 0 Å². The Morgan fingerprint density at radius 2 is 1.90 bits per heavy atom. The topological polar surface area (TPSA) is 55.1 Å². The lowest BCUT2D eigenvalue weighted by Crippen LogP contribution is -2.26. The molecular weight excluding hydrogens is 267 g/mol. The van der Waals surface area contributed by atoms with Gasteiger partial charge in [0.15, 0.2) is 0 Å². The van der Waals surface area contributed by atoms with Crippen LogP contribution in [0.5, 0.6) is 0 Å². The van der Waals surface area contributed by atoms with Crippen molar-refractivity contribution in [3.05, 3.63) is 70.5 Å². The normalized spacial score (nSPS) is 12.0. The van der Waals surface area contributed by atoms with Crippen molar-refractivity contribution in [2.75, 3.05) is 0 Å². The zero-order valence-electron chi connectivity index (χ0n) is 12.2. The molecule has 0 spiro atoms. The number of nitrogens with two attached hydrogens (primary N) is 1. The fourth-order valence-electron chi connectivity index (χ4n) is 2.03. The molecule has 21 heavy (non-hydrogen) atoms. The maximum atomic E-state index is 13.6. The number of carbonyl (C=O) groups excluding carboxylic acids is 1. The smallest absolute Gasteiger partial charge is 0.251 e. The zero-order chi connectivity index (χ0) is 15.4. The minimum Gasteiger partial charge on any atom is -0.346 e. The van der Waals surface area contributed by atoms with Gasteiger partial charge in [-0.2, -0.15) is 0 Å². The number of amides is 1. The van der Waals surface area contributed by atoms with Crippen LogP contribution in [0.15, 0.2) is 42.5 Å². The van der Waals surface area contributed by atoms with Crippen molar-refractivity contribution >= 4 is 5.91 Å². The molecule has 0 aromatic heterocycles. The molecule has 2 aromatic rings. The Morgan fingerprint density at radius 3 is 2.48 bits per heavy atom. The number of carbonyl (C=O) groups is 1. The summed E-state index contributed by atoms with van der Waals surface area (Å²) in [6, 6.07) is 11.8. The molecule has 0 saturated heterocycles. The lowest BCUT2D eigenvalue weighted by atomic mass is 10.1. The van der Waals surface area contributed by atoms with E-state index in [9.17, 15) is 9.18 Å². The number of hydrogen-bond donors (Lipinski definition) is 2.